The number of fused-ring (bicyclic) bond motifs is 3. The Morgan fingerprint density at radius 1 is 0.908 bits per heavy atom. The average Bonchev–Trinajstić information content (AvgIpc) is 3.30. The summed E-state index contributed by atoms with van der Waals surface area (Å²) in [6, 6.07) is 8.20. The van der Waals surface area contributed by atoms with Crippen LogP contribution in [0.15, 0.2) is 53.6 Å². The summed E-state index contributed by atoms with van der Waals surface area (Å²) >= 11 is 0. The van der Waals surface area contributed by atoms with E-state index in [2.05, 4.69) is 6.92 Å². The number of esters is 1. The van der Waals surface area contributed by atoms with Crippen LogP contribution in [-0.2, 0) is 47.6 Å². The molecule has 0 radical (unpaired) electrons. The van der Waals surface area contributed by atoms with Crippen molar-refractivity contribution >= 4 is 23.4 Å². The molecule has 5 rings (SSSR count). The van der Waals surface area contributed by atoms with Crippen molar-refractivity contribution in [1.29, 1.82) is 0 Å². The van der Waals surface area contributed by atoms with E-state index in [4.69, 9.17) is 28.4 Å². The molecule has 14 heteroatoms. The highest BCUT2D eigenvalue weighted by Gasteiger charge is 2.56. The van der Waals surface area contributed by atoms with Crippen LogP contribution in [-0.4, -0.2) is 133 Å². The molecule has 2 saturated heterocycles. The lowest BCUT2D eigenvalue weighted by Crippen LogP contribution is -2.64. The first kappa shape index (κ1) is 52.6. The molecule has 3 fully saturated rings. The molecule has 2 bridgehead atoms. The van der Waals surface area contributed by atoms with Gasteiger partial charge in [0.15, 0.2) is 0 Å². The third kappa shape index (κ3) is 13.0. The monoisotopic (exact) mass is 912 g/mol. The number of hydrogen-bond acceptors (Lipinski definition) is 13. The average molecular weight is 912 g/mol. The molecule has 3 aliphatic heterocycles. The minimum absolute atomic E-state index is 0.0171. The van der Waals surface area contributed by atoms with Gasteiger partial charge in [0.05, 0.1) is 37.1 Å². The second-order valence-corrected chi connectivity index (χ2v) is 19.4. The molecule has 4 aliphatic rings. The van der Waals surface area contributed by atoms with E-state index < -0.39 is 83.9 Å². The number of aliphatic hydroxyl groups is 3. The van der Waals surface area contributed by atoms with Crippen LogP contribution >= 0.6 is 0 Å². The van der Waals surface area contributed by atoms with Crippen molar-refractivity contribution in [1.82, 2.24) is 4.90 Å². The van der Waals surface area contributed by atoms with Crippen molar-refractivity contribution in [3.63, 3.8) is 0 Å². The Kier molecular flexibility index (Phi) is 19.5. The minimum atomic E-state index is -2.52. The summed E-state index contributed by atoms with van der Waals surface area (Å²) in [5.74, 6) is -7.61. The Morgan fingerprint density at radius 3 is 2.25 bits per heavy atom. The smallest absolute Gasteiger partial charge is 0.329 e. The Bertz CT molecular complexity index is 1800. The van der Waals surface area contributed by atoms with Crippen molar-refractivity contribution < 1.29 is 62.9 Å². The first-order valence-electron chi connectivity index (χ1n) is 23.9. The van der Waals surface area contributed by atoms with Gasteiger partial charge in [0, 0.05) is 52.0 Å². The van der Waals surface area contributed by atoms with Gasteiger partial charge in [0.2, 0.25) is 5.79 Å². The summed E-state index contributed by atoms with van der Waals surface area (Å²) < 4.78 is 36.5. The number of benzene rings is 1. The number of ketones is 2. The van der Waals surface area contributed by atoms with Crippen LogP contribution in [0.1, 0.15) is 124 Å². The van der Waals surface area contributed by atoms with Crippen LogP contribution in [0.2, 0.25) is 0 Å². The molecule has 3 N–H and O–H groups in total. The number of piperidine rings is 1. The summed E-state index contributed by atoms with van der Waals surface area (Å²) in [4.78, 5) is 58.3. The van der Waals surface area contributed by atoms with Gasteiger partial charge in [-0.2, -0.15) is 0 Å². The minimum Gasteiger partial charge on any atom is -0.456 e. The van der Waals surface area contributed by atoms with Gasteiger partial charge in [-0.15, -0.1) is 0 Å². The van der Waals surface area contributed by atoms with Gasteiger partial charge in [0.1, 0.15) is 30.1 Å². The summed E-state index contributed by atoms with van der Waals surface area (Å²) in [6.45, 7) is 11.4. The normalized spacial score (nSPS) is 37.9. The molecular weight excluding hydrogens is 835 g/mol. The first-order valence-corrected chi connectivity index (χ1v) is 23.9. The maximum absolute atomic E-state index is 14.5. The third-order valence-corrected chi connectivity index (χ3v) is 14.5. The quantitative estimate of drug-likeness (QED) is 0.136. The molecule has 1 aliphatic carbocycles. The van der Waals surface area contributed by atoms with E-state index in [1.807, 2.05) is 63.3 Å². The zero-order valence-corrected chi connectivity index (χ0v) is 40.2. The second-order valence-electron chi connectivity index (χ2n) is 19.4. The zero-order chi connectivity index (χ0) is 47.6. The second kappa shape index (κ2) is 24.1. The fourth-order valence-electron chi connectivity index (χ4n) is 10.6. The summed E-state index contributed by atoms with van der Waals surface area (Å²) in [7, 11) is 4.70. The number of aliphatic hydroxyl groups excluding tert-OH is 2. The SMILES string of the molecule is CC[C@@H]1/C=C(\C)C[C@H](C)CC(OC)[C@H]2O[C@@](O)(C(=O)C(=O)N3CCCC[C@H]3C(=O)O[C@H](/C(C)=C/[C@@H]3CC[C@@H](OCC(O)c4ccccc4)[C@H](OC)C3)[C@H](C)[C@@H](O)CC1=O)[C@H](C)C[C@@H]2OC. The molecule has 15 atom stereocenters. The number of Topliss-reactive ketones (excluding diaryl/α,β-unsaturated/α-hetero) is 2. The molecule has 1 amide bonds. The maximum Gasteiger partial charge on any atom is 0.329 e. The fraction of sp³-hybridized carbons (Fsp3) is 0.725. The Hall–Kier alpha value is -3.34. The Labute approximate surface area is 386 Å². The number of ether oxygens (including phenoxy) is 6. The number of hydrogen-bond donors (Lipinski definition) is 3. The van der Waals surface area contributed by atoms with E-state index in [9.17, 15) is 34.5 Å². The van der Waals surface area contributed by atoms with Gasteiger partial charge in [-0.1, -0.05) is 75.8 Å². The van der Waals surface area contributed by atoms with Crippen LogP contribution in [0.3, 0.4) is 0 Å². The fourth-order valence-corrected chi connectivity index (χ4v) is 10.6. The molecular formula is C51H77NO13. The molecule has 0 spiro atoms. The van der Waals surface area contributed by atoms with Crippen molar-refractivity contribution in [3.8, 4) is 0 Å². The van der Waals surface area contributed by atoms with Crippen molar-refractivity contribution in [2.75, 3.05) is 34.5 Å². The zero-order valence-electron chi connectivity index (χ0n) is 40.2. The molecule has 1 aromatic carbocycles. The Morgan fingerprint density at radius 2 is 1.58 bits per heavy atom. The third-order valence-electron chi connectivity index (χ3n) is 14.5. The van der Waals surface area contributed by atoms with Crippen LogP contribution in [0.25, 0.3) is 0 Å². The Balaban J connectivity index is 1.45. The first-order chi connectivity index (χ1) is 30.9. The lowest BCUT2D eigenvalue weighted by Gasteiger charge is -2.47. The number of carbonyl (C=O) groups excluding carboxylic acids is 4. The molecule has 1 saturated carbocycles. The molecule has 14 nitrogen and oxygen atoms in total. The van der Waals surface area contributed by atoms with Crippen molar-refractivity contribution in [2.24, 2.45) is 29.6 Å². The van der Waals surface area contributed by atoms with Gasteiger partial charge < -0.3 is 48.6 Å². The van der Waals surface area contributed by atoms with Crippen molar-refractivity contribution in [3.05, 3.63) is 59.2 Å². The number of allylic oxidation sites excluding steroid dienone is 3. The van der Waals surface area contributed by atoms with Crippen molar-refractivity contribution in [2.45, 2.75) is 173 Å². The molecule has 2 unspecified atom stereocenters. The lowest BCUT2D eigenvalue weighted by atomic mass is 9.81. The van der Waals surface area contributed by atoms with E-state index in [1.54, 1.807) is 21.0 Å². The number of rotatable bonds is 10. The summed E-state index contributed by atoms with van der Waals surface area (Å²) in [6.07, 6.45) is 3.42. The van der Waals surface area contributed by atoms with Gasteiger partial charge in [-0.25, -0.2) is 4.79 Å². The van der Waals surface area contributed by atoms with E-state index in [-0.39, 0.29) is 62.2 Å². The predicted molar refractivity (Wildman–Crippen MR) is 243 cm³/mol. The van der Waals surface area contributed by atoms with Gasteiger partial charge in [-0.05, 0) is 101 Å². The van der Waals surface area contributed by atoms with Crippen LogP contribution in [0, 0.1) is 29.6 Å². The van der Waals surface area contributed by atoms with Crippen LogP contribution in [0.4, 0.5) is 0 Å². The lowest BCUT2D eigenvalue weighted by molar-refractivity contribution is -0.302. The van der Waals surface area contributed by atoms with Crippen LogP contribution in [0.5, 0.6) is 0 Å². The number of methoxy groups -OCH3 is 3. The predicted octanol–water partition coefficient (Wildman–Crippen LogP) is 6.23. The van der Waals surface area contributed by atoms with E-state index in [0.717, 1.165) is 17.6 Å². The summed E-state index contributed by atoms with van der Waals surface area (Å²) in [5, 5.41) is 34.7. The molecule has 364 valence electrons. The standard InChI is InChI=1S/C51H77NO13/c1-10-36-23-30(2)22-31(3)24-44(61-8)47-45(62-9)26-33(5)51(59,65-47)48(56)49(57)52-21-15-14-18-38(52)50(58)64-46(34(6)39(53)28-40(36)54)32(4)25-35-19-20-42(43(27-35)60-7)63-29-41(55)37-16-12-11-13-17-37/h11-13,16-17,23,25,31,33-36,38-39,41-47,53,55,59H,10,14-15,18-22,24,26-29H2,1-9H3/b30-23+,32-25+/t31-,33+,34+,35-,36+,38-,39-,41?,42+,43+,44?,45-,46+,47+,51+/m0/s1. The number of carbonyl (C=O) groups is 4. The molecule has 0 aromatic heterocycles. The van der Waals surface area contributed by atoms with Crippen LogP contribution < -0.4 is 0 Å². The highest BCUT2D eigenvalue weighted by Crippen LogP contribution is 2.39. The highest BCUT2D eigenvalue weighted by atomic mass is 16.7. The molecule has 3 heterocycles. The van der Waals surface area contributed by atoms with Gasteiger partial charge in [-0.3, -0.25) is 14.4 Å². The van der Waals surface area contributed by atoms with Gasteiger partial charge >= 0.3 is 5.97 Å². The topological polar surface area (TPSA) is 188 Å². The molecule has 1 aromatic rings. The summed E-state index contributed by atoms with van der Waals surface area (Å²) in [5.41, 5.74) is 2.43. The molecule has 65 heavy (non-hydrogen) atoms. The van der Waals surface area contributed by atoms with E-state index in [0.29, 0.717) is 50.5 Å². The number of cyclic esters (lactones) is 1. The maximum atomic E-state index is 14.5. The number of amides is 1. The number of nitrogens with zero attached hydrogens (tertiary/aromatic N) is 1. The highest BCUT2D eigenvalue weighted by molar-refractivity contribution is 6.39. The van der Waals surface area contributed by atoms with E-state index >= 15 is 0 Å². The van der Waals surface area contributed by atoms with E-state index in [1.165, 1.54) is 19.1 Å². The van der Waals surface area contributed by atoms with Gasteiger partial charge in [0.25, 0.3) is 11.7 Å². The largest absolute Gasteiger partial charge is 0.456 e.